The number of halogens is 1. The molecule has 1 saturated heterocycles. The van der Waals surface area contributed by atoms with E-state index >= 15 is 0 Å². The molecule has 26 heavy (non-hydrogen) atoms. The Morgan fingerprint density at radius 1 is 1.04 bits per heavy atom. The van der Waals surface area contributed by atoms with Gasteiger partial charge in [-0.1, -0.05) is 42.5 Å². The second kappa shape index (κ2) is 9.34. The van der Waals surface area contributed by atoms with Crippen LogP contribution in [0.3, 0.4) is 0 Å². The summed E-state index contributed by atoms with van der Waals surface area (Å²) >= 11 is 0. The van der Waals surface area contributed by atoms with E-state index in [9.17, 15) is 9.18 Å². The SMILES string of the molecule is O=C(NCc1ccc(F)cc1)N1CCC(COCc2ccccc2)CC1. The third-order valence-corrected chi connectivity index (χ3v) is 4.72. The molecule has 0 radical (unpaired) electrons. The molecule has 1 aliphatic heterocycles. The van der Waals surface area contributed by atoms with Gasteiger partial charge in [0, 0.05) is 26.2 Å². The van der Waals surface area contributed by atoms with Crippen LogP contribution in [0.25, 0.3) is 0 Å². The lowest BCUT2D eigenvalue weighted by Gasteiger charge is -2.32. The third kappa shape index (κ3) is 5.56. The van der Waals surface area contributed by atoms with Crippen molar-refractivity contribution in [3.05, 3.63) is 71.5 Å². The number of carbonyl (C=O) groups excluding carboxylic acids is 1. The van der Waals surface area contributed by atoms with Crippen molar-refractivity contribution in [2.45, 2.75) is 26.0 Å². The van der Waals surface area contributed by atoms with Crippen LogP contribution >= 0.6 is 0 Å². The van der Waals surface area contributed by atoms with Gasteiger partial charge in [-0.3, -0.25) is 0 Å². The van der Waals surface area contributed by atoms with E-state index in [0.717, 1.165) is 38.1 Å². The molecule has 0 aromatic heterocycles. The first-order chi connectivity index (χ1) is 12.7. The van der Waals surface area contributed by atoms with E-state index in [0.29, 0.717) is 19.1 Å². The van der Waals surface area contributed by atoms with E-state index in [1.807, 2.05) is 23.1 Å². The van der Waals surface area contributed by atoms with Crippen LogP contribution in [-0.4, -0.2) is 30.6 Å². The Morgan fingerprint density at radius 3 is 2.42 bits per heavy atom. The highest BCUT2D eigenvalue weighted by Crippen LogP contribution is 2.18. The Kier molecular flexibility index (Phi) is 6.61. The van der Waals surface area contributed by atoms with Crippen molar-refractivity contribution < 1.29 is 13.9 Å². The Hall–Kier alpha value is -2.40. The van der Waals surface area contributed by atoms with Gasteiger partial charge in [0.05, 0.1) is 6.61 Å². The van der Waals surface area contributed by atoms with Gasteiger partial charge in [-0.15, -0.1) is 0 Å². The van der Waals surface area contributed by atoms with Crippen LogP contribution in [0.15, 0.2) is 54.6 Å². The van der Waals surface area contributed by atoms with Crippen molar-refractivity contribution in [1.82, 2.24) is 10.2 Å². The highest BCUT2D eigenvalue weighted by Gasteiger charge is 2.22. The van der Waals surface area contributed by atoms with Gasteiger partial charge in [0.15, 0.2) is 0 Å². The Bertz CT molecular complexity index is 683. The Balaban J connectivity index is 1.33. The second-order valence-corrected chi connectivity index (χ2v) is 6.72. The van der Waals surface area contributed by atoms with Gasteiger partial charge in [-0.05, 0) is 42.0 Å². The van der Waals surface area contributed by atoms with E-state index < -0.39 is 0 Å². The fourth-order valence-electron chi connectivity index (χ4n) is 3.11. The summed E-state index contributed by atoms with van der Waals surface area (Å²) in [5.74, 6) is 0.233. The molecule has 1 N–H and O–H groups in total. The molecule has 3 rings (SSSR count). The van der Waals surface area contributed by atoms with Gasteiger partial charge in [0.2, 0.25) is 0 Å². The number of benzene rings is 2. The van der Waals surface area contributed by atoms with Crippen molar-refractivity contribution in [2.75, 3.05) is 19.7 Å². The van der Waals surface area contributed by atoms with Crippen LogP contribution in [-0.2, 0) is 17.9 Å². The summed E-state index contributed by atoms with van der Waals surface area (Å²) in [5, 5.41) is 2.90. The average molecular weight is 356 g/mol. The minimum Gasteiger partial charge on any atom is -0.376 e. The molecule has 2 aromatic rings. The summed E-state index contributed by atoms with van der Waals surface area (Å²) < 4.78 is 18.7. The third-order valence-electron chi connectivity index (χ3n) is 4.72. The number of ether oxygens (including phenoxy) is 1. The molecule has 1 aliphatic rings. The van der Waals surface area contributed by atoms with Crippen molar-refractivity contribution in [2.24, 2.45) is 5.92 Å². The number of piperidine rings is 1. The number of urea groups is 1. The van der Waals surface area contributed by atoms with Gasteiger partial charge in [-0.25, -0.2) is 9.18 Å². The minimum atomic E-state index is -0.267. The highest BCUT2D eigenvalue weighted by molar-refractivity contribution is 5.74. The van der Waals surface area contributed by atoms with Crippen LogP contribution in [0.2, 0.25) is 0 Å². The predicted molar refractivity (Wildman–Crippen MR) is 99.0 cm³/mol. The molecule has 2 amide bonds. The van der Waals surface area contributed by atoms with Crippen LogP contribution < -0.4 is 5.32 Å². The smallest absolute Gasteiger partial charge is 0.317 e. The van der Waals surface area contributed by atoms with Crippen LogP contribution in [0.5, 0.6) is 0 Å². The van der Waals surface area contributed by atoms with Crippen molar-refractivity contribution in [3.63, 3.8) is 0 Å². The molecule has 0 bridgehead atoms. The largest absolute Gasteiger partial charge is 0.376 e. The molecule has 4 nitrogen and oxygen atoms in total. The molecule has 0 spiro atoms. The summed E-state index contributed by atoms with van der Waals surface area (Å²) in [5.41, 5.74) is 2.08. The zero-order valence-electron chi connectivity index (χ0n) is 14.9. The maximum atomic E-state index is 12.9. The van der Waals surface area contributed by atoms with Gasteiger partial charge in [0.25, 0.3) is 0 Å². The molecule has 1 fully saturated rings. The molecule has 1 heterocycles. The zero-order valence-corrected chi connectivity index (χ0v) is 14.9. The first kappa shape index (κ1) is 18.4. The summed E-state index contributed by atoms with van der Waals surface area (Å²) in [6.45, 7) is 3.28. The number of carbonyl (C=O) groups is 1. The Labute approximate surface area is 154 Å². The highest BCUT2D eigenvalue weighted by atomic mass is 19.1. The first-order valence-electron chi connectivity index (χ1n) is 9.09. The maximum Gasteiger partial charge on any atom is 0.317 e. The molecule has 0 saturated carbocycles. The van der Waals surface area contributed by atoms with E-state index in [1.165, 1.54) is 17.7 Å². The van der Waals surface area contributed by atoms with Crippen molar-refractivity contribution in [1.29, 1.82) is 0 Å². The number of hydrogen-bond donors (Lipinski definition) is 1. The normalized spacial score (nSPS) is 15.0. The number of amides is 2. The van der Waals surface area contributed by atoms with E-state index in [4.69, 9.17) is 4.74 Å². The van der Waals surface area contributed by atoms with E-state index in [2.05, 4.69) is 17.4 Å². The topological polar surface area (TPSA) is 41.6 Å². The average Bonchev–Trinajstić information content (AvgIpc) is 2.69. The standard InChI is InChI=1S/C21H25FN2O2/c22-20-8-6-17(7-9-20)14-23-21(25)24-12-10-19(11-13-24)16-26-15-18-4-2-1-3-5-18/h1-9,19H,10-16H2,(H,23,25). The maximum absolute atomic E-state index is 12.9. The van der Waals surface area contributed by atoms with Gasteiger partial charge >= 0.3 is 6.03 Å². The van der Waals surface area contributed by atoms with Crippen molar-refractivity contribution in [3.8, 4) is 0 Å². The number of nitrogens with one attached hydrogen (secondary N) is 1. The number of hydrogen-bond acceptors (Lipinski definition) is 2. The quantitative estimate of drug-likeness (QED) is 0.851. The molecule has 2 aromatic carbocycles. The summed E-state index contributed by atoms with van der Waals surface area (Å²) in [4.78, 5) is 14.1. The fraction of sp³-hybridized carbons (Fsp3) is 0.381. The first-order valence-corrected chi connectivity index (χ1v) is 9.09. The summed E-state index contributed by atoms with van der Waals surface area (Å²) in [6, 6.07) is 16.3. The molecular formula is C21H25FN2O2. The van der Waals surface area contributed by atoms with E-state index in [-0.39, 0.29) is 11.8 Å². The van der Waals surface area contributed by atoms with Gasteiger partial charge in [0.1, 0.15) is 5.82 Å². The second-order valence-electron chi connectivity index (χ2n) is 6.72. The molecular weight excluding hydrogens is 331 g/mol. The molecule has 0 unspecified atom stereocenters. The lowest BCUT2D eigenvalue weighted by molar-refractivity contribution is 0.0629. The van der Waals surface area contributed by atoms with Gasteiger partial charge < -0.3 is 15.0 Å². The number of rotatable bonds is 6. The molecule has 0 aliphatic carbocycles. The molecule has 138 valence electrons. The van der Waals surface area contributed by atoms with Crippen molar-refractivity contribution >= 4 is 6.03 Å². The molecule has 0 atom stereocenters. The zero-order chi connectivity index (χ0) is 18.2. The van der Waals surface area contributed by atoms with Crippen LogP contribution in [0.1, 0.15) is 24.0 Å². The van der Waals surface area contributed by atoms with Crippen LogP contribution in [0, 0.1) is 11.7 Å². The predicted octanol–water partition coefficient (Wildman–Crippen LogP) is 3.96. The fourth-order valence-corrected chi connectivity index (χ4v) is 3.11. The van der Waals surface area contributed by atoms with E-state index in [1.54, 1.807) is 12.1 Å². The monoisotopic (exact) mass is 356 g/mol. The number of likely N-dealkylation sites (tertiary alicyclic amines) is 1. The lowest BCUT2D eigenvalue weighted by atomic mass is 9.98. The van der Waals surface area contributed by atoms with Gasteiger partial charge in [-0.2, -0.15) is 0 Å². The lowest BCUT2D eigenvalue weighted by Crippen LogP contribution is -2.44. The summed E-state index contributed by atoms with van der Waals surface area (Å²) in [7, 11) is 0. The Morgan fingerprint density at radius 2 is 1.73 bits per heavy atom. The van der Waals surface area contributed by atoms with Crippen LogP contribution in [0.4, 0.5) is 9.18 Å². The molecule has 5 heteroatoms. The minimum absolute atomic E-state index is 0.0574. The number of nitrogens with zero attached hydrogens (tertiary/aromatic N) is 1. The summed E-state index contributed by atoms with van der Waals surface area (Å²) in [6.07, 6.45) is 1.91.